The van der Waals surface area contributed by atoms with Gasteiger partial charge in [-0.3, -0.25) is 0 Å². The van der Waals surface area contributed by atoms with Crippen LogP contribution >= 0.6 is 11.6 Å². The molecule has 0 bridgehead atoms. The molecule has 18 heavy (non-hydrogen) atoms. The highest BCUT2D eigenvalue weighted by atomic mass is 35.5. The third-order valence-corrected chi connectivity index (χ3v) is 3.67. The molecule has 2 rings (SSSR count). The number of hydrogen-bond donors (Lipinski definition) is 0. The van der Waals surface area contributed by atoms with Crippen molar-refractivity contribution in [3.63, 3.8) is 0 Å². The first kappa shape index (κ1) is 13.4. The van der Waals surface area contributed by atoms with Crippen molar-refractivity contribution in [1.82, 2.24) is 9.97 Å². The Morgan fingerprint density at radius 3 is 2.83 bits per heavy atom. The monoisotopic (exact) mass is 271 g/mol. The lowest BCUT2D eigenvalue weighted by molar-refractivity contribution is -0.00489. The summed E-state index contributed by atoms with van der Waals surface area (Å²) in [7, 11) is 3.32. The molecule has 0 N–H and O–H groups in total. The summed E-state index contributed by atoms with van der Waals surface area (Å²) in [5, 5.41) is 0.340. The Morgan fingerprint density at radius 1 is 1.39 bits per heavy atom. The number of halogens is 1. The topological polar surface area (TPSA) is 47.5 Å². The van der Waals surface area contributed by atoms with Gasteiger partial charge in [0.1, 0.15) is 6.33 Å². The molecule has 1 fully saturated rings. The maximum atomic E-state index is 6.02. The molecule has 6 heteroatoms. The maximum absolute atomic E-state index is 6.02. The van der Waals surface area contributed by atoms with E-state index in [1.165, 1.54) is 6.33 Å². The fraction of sp³-hybridized carbons (Fsp3) is 0.667. The first-order valence-electron chi connectivity index (χ1n) is 5.94. The van der Waals surface area contributed by atoms with Gasteiger partial charge in [0.2, 0.25) is 0 Å². The summed E-state index contributed by atoms with van der Waals surface area (Å²) in [6, 6.07) is 0. The third kappa shape index (κ3) is 2.52. The SMILES string of the molecule is COc1c(Cl)ncnc1N1CCCC(C)(OC)C1. The molecule has 0 aliphatic carbocycles. The van der Waals surface area contributed by atoms with Crippen LogP contribution in [0.5, 0.6) is 5.75 Å². The minimum atomic E-state index is -0.152. The van der Waals surface area contributed by atoms with Crippen LogP contribution in [0.15, 0.2) is 6.33 Å². The number of rotatable bonds is 3. The number of methoxy groups -OCH3 is 2. The average molecular weight is 272 g/mol. The number of anilines is 1. The second-order valence-electron chi connectivity index (χ2n) is 4.70. The lowest BCUT2D eigenvalue weighted by atomic mass is 9.95. The molecule has 0 amide bonds. The molecule has 0 radical (unpaired) electrons. The van der Waals surface area contributed by atoms with Gasteiger partial charge in [-0.05, 0) is 19.8 Å². The predicted octanol–water partition coefficient (Wildman–Crippen LogP) is 2.14. The second-order valence-corrected chi connectivity index (χ2v) is 5.06. The van der Waals surface area contributed by atoms with Gasteiger partial charge in [-0.15, -0.1) is 0 Å². The van der Waals surface area contributed by atoms with Crippen molar-refractivity contribution in [2.45, 2.75) is 25.4 Å². The molecular formula is C12H18ClN3O2. The van der Waals surface area contributed by atoms with Gasteiger partial charge in [0.15, 0.2) is 16.7 Å². The van der Waals surface area contributed by atoms with Crippen LogP contribution in [-0.4, -0.2) is 42.9 Å². The Bertz CT molecular complexity index is 430. The zero-order valence-electron chi connectivity index (χ0n) is 10.9. The molecule has 1 saturated heterocycles. The molecule has 1 atom stereocenters. The molecule has 0 aromatic carbocycles. The molecule has 0 saturated carbocycles. The third-order valence-electron chi connectivity index (χ3n) is 3.40. The first-order chi connectivity index (χ1) is 8.59. The van der Waals surface area contributed by atoms with E-state index >= 15 is 0 Å². The second kappa shape index (κ2) is 5.28. The Kier molecular flexibility index (Phi) is 3.92. The van der Waals surface area contributed by atoms with Crippen molar-refractivity contribution in [2.24, 2.45) is 0 Å². The van der Waals surface area contributed by atoms with Crippen LogP contribution in [0, 0.1) is 0 Å². The summed E-state index contributed by atoms with van der Waals surface area (Å²) in [4.78, 5) is 10.4. The molecule has 0 spiro atoms. The summed E-state index contributed by atoms with van der Waals surface area (Å²) in [5.74, 6) is 1.26. The number of nitrogens with zero attached hydrogens (tertiary/aromatic N) is 3. The van der Waals surface area contributed by atoms with Gasteiger partial charge in [-0.1, -0.05) is 11.6 Å². The van der Waals surface area contributed by atoms with Crippen molar-refractivity contribution < 1.29 is 9.47 Å². The van der Waals surface area contributed by atoms with Crippen molar-refractivity contribution in [3.05, 3.63) is 11.5 Å². The standard InChI is InChI=1S/C12H18ClN3O2/c1-12(18-3)5-4-6-16(7-12)11-9(17-2)10(13)14-8-15-11/h8H,4-7H2,1-3H3. The quantitative estimate of drug-likeness (QED) is 0.789. The van der Waals surface area contributed by atoms with E-state index in [1.807, 2.05) is 0 Å². The van der Waals surface area contributed by atoms with E-state index in [4.69, 9.17) is 21.1 Å². The van der Waals surface area contributed by atoms with Crippen molar-refractivity contribution in [3.8, 4) is 5.75 Å². The lowest BCUT2D eigenvalue weighted by Crippen LogP contribution is -2.47. The summed E-state index contributed by atoms with van der Waals surface area (Å²) < 4.78 is 10.9. The van der Waals surface area contributed by atoms with Crippen LogP contribution < -0.4 is 9.64 Å². The smallest absolute Gasteiger partial charge is 0.199 e. The van der Waals surface area contributed by atoms with Gasteiger partial charge in [-0.2, -0.15) is 0 Å². The molecule has 1 aliphatic heterocycles. The minimum Gasteiger partial charge on any atom is -0.490 e. The Morgan fingerprint density at radius 2 is 2.17 bits per heavy atom. The van der Waals surface area contributed by atoms with Crippen molar-refractivity contribution >= 4 is 17.4 Å². The molecule has 100 valence electrons. The highest BCUT2D eigenvalue weighted by Gasteiger charge is 2.32. The number of piperidine rings is 1. The van der Waals surface area contributed by atoms with E-state index in [-0.39, 0.29) is 5.60 Å². The number of hydrogen-bond acceptors (Lipinski definition) is 5. The first-order valence-corrected chi connectivity index (χ1v) is 6.32. The van der Waals surface area contributed by atoms with Crippen molar-refractivity contribution in [2.75, 3.05) is 32.2 Å². The molecule has 1 unspecified atom stereocenters. The average Bonchev–Trinajstić information content (AvgIpc) is 2.38. The van der Waals surface area contributed by atoms with E-state index in [1.54, 1.807) is 14.2 Å². The fourth-order valence-corrected chi connectivity index (χ4v) is 2.50. The normalized spacial score (nSPS) is 24.1. The highest BCUT2D eigenvalue weighted by Crippen LogP contribution is 2.35. The van der Waals surface area contributed by atoms with Crippen LogP contribution in [0.25, 0.3) is 0 Å². The summed E-state index contributed by atoms with van der Waals surface area (Å²) in [6.07, 6.45) is 3.55. The zero-order chi connectivity index (χ0) is 13.2. The maximum Gasteiger partial charge on any atom is 0.199 e. The molecule has 1 aromatic heterocycles. The molecule has 1 aliphatic rings. The van der Waals surface area contributed by atoms with Gasteiger partial charge < -0.3 is 14.4 Å². The van der Waals surface area contributed by atoms with E-state index in [2.05, 4.69) is 21.8 Å². The van der Waals surface area contributed by atoms with Crippen LogP contribution in [0.4, 0.5) is 5.82 Å². The fourth-order valence-electron chi connectivity index (χ4n) is 2.30. The molecule has 5 nitrogen and oxygen atoms in total. The van der Waals surface area contributed by atoms with Gasteiger partial charge in [-0.25, -0.2) is 9.97 Å². The van der Waals surface area contributed by atoms with E-state index in [0.29, 0.717) is 10.9 Å². The lowest BCUT2D eigenvalue weighted by Gasteiger charge is -2.40. The predicted molar refractivity (Wildman–Crippen MR) is 70.5 cm³/mol. The van der Waals surface area contributed by atoms with Gasteiger partial charge in [0.05, 0.1) is 12.7 Å². The van der Waals surface area contributed by atoms with Crippen LogP contribution in [0.2, 0.25) is 5.15 Å². The summed E-state index contributed by atoms with van der Waals surface area (Å²) >= 11 is 6.02. The Hall–Kier alpha value is -1.07. The zero-order valence-corrected chi connectivity index (χ0v) is 11.7. The van der Waals surface area contributed by atoms with E-state index in [9.17, 15) is 0 Å². The molecule has 1 aromatic rings. The summed E-state index contributed by atoms with van der Waals surface area (Å²) in [5.41, 5.74) is -0.152. The molecular weight excluding hydrogens is 254 g/mol. The van der Waals surface area contributed by atoms with Gasteiger partial charge >= 0.3 is 0 Å². The highest BCUT2D eigenvalue weighted by molar-refractivity contribution is 6.31. The largest absolute Gasteiger partial charge is 0.490 e. The van der Waals surface area contributed by atoms with Gasteiger partial charge in [0, 0.05) is 20.2 Å². The number of ether oxygens (including phenoxy) is 2. The summed E-state index contributed by atoms with van der Waals surface area (Å²) in [6.45, 7) is 3.80. The van der Waals surface area contributed by atoms with E-state index < -0.39 is 0 Å². The minimum absolute atomic E-state index is 0.152. The van der Waals surface area contributed by atoms with E-state index in [0.717, 1.165) is 31.7 Å². The Labute approximate surface area is 112 Å². The van der Waals surface area contributed by atoms with Gasteiger partial charge in [0.25, 0.3) is 0 Å². The molecule has 2 heterocycles. The number of aromatic nitrogens is 2. The van der Waals surface area contributed by atoms with Crippen LogP contribution in [0.1, 0.15) is 19.8 Å². The Balaban J connectivity index is 2.29. The van der Waals surface area contributed by atoms with Crippen molar-refractivity contribution in [1.29, 1.82) is 0 Å². The van der Waals surface area contributed by atoms with Crippen LogP contribution in [0.3, 0.4) is 0 Å². The van der Waals surface area contributed by atoms with Crippen LogP contribution in [-0.2, 0) is 4.74 Å².